The molecule has 1 aromatic carbocycles. The van der Waals surface area contributed by atoms with E-state index in [0.717, 1.165) is 24.1 Å². The molecule has 2 saturated heterocycles. The highest BCUT2D eigenvalue weighted by molar-refractivity contribution is 6.03. The molecule has 2 aliphatic heterocycles. The zero-order chi connectivity index (χ0) is 16.2. The van der Waals surface area contributed by atoms with Crippen molar-refractivity contribution in [3.63, 3.8) is 0 Å². The van der Waals surface area contributed by atoms with Gasteiger partial charge in [-0.1, -0.05) is 12.1 Å². The number of hydrogen-bond donors (Lipinski definition) is 2. The van der Waals surface area contributed by atoms with Crippen LogP contribution in [-0.4, -0.2) is 30.9 Å². The van der Waals surface area contributed by atoms with Crippen LogP contribution in [0.15, 0.2) is 24.3 Å². The quantitative estimate of drug-likeness (QED) is 0.819. The summed E-state index contributed by atoms with van der Waals surface area (Å²) in [6.45, 7) is 1.28. The van der Waals surface area contributed by atoms with Gasteiger partial charge in [0.1, 0.15) is 0 Å². The van der Waals surface area contributed by atoms with Crippen molar-refractivity contribution in [3.05, 3.63) is 29.8 Å². The summed E-state index contributed by atoms with van der Waals surface area (Å²) in [5.74, 6) is -0.657. The molecular formula is C17H20N2O4. The fourth-order valence-electron chi connectivity index (χ4n) is 2.98. The second kappa shape index (κ2) is 6.91. The lowest BCUT2D eigenvalue weighted by Crippen LogP contribution is -2.28. The average Bonchev–Trinajstić information content (AvgIpc) is 2.87. The Morgan fingerprint density at radius 2 is 1.87 bits per heavy atom. The van der Waals surface area contributed by atoms with Crippen molar-refractivity contribution in [3.8, 4) is 0 Å². The summed E-state index contributed by atoms with van der Waals surface area (Å²) in [4.78, 5) is 34.9. The van der Waals surface area contributed by atoms with Gasteiger partial charge in [0.15, 0.2) is 0 Å². The van der Waals surface area contributed by atoms with Gasteiger partial charge in [-0.05, 0) is 37.0 Å². The van der Waals surface area contributed by atoms with E-state index in [0.29, 0.717) is 19.6 Å². The summed E-state index contributed by atoms with van der Waals surface area (Å²) < 4.78 is 5.26. The van der Waals surface area contributed by atoms with E-state index in [9.17, 15) is 14.4 Å². The third-order valence-electron chi connectivity index (χ3n) is 4.36. The third kappa shape index (κ3) is 3.96. The van der Waals surface area contributed by atoms with Crippen molar-refractivity contribution in [2.24, 2.45) is 11.8 Å². The van der Waals surface area contributed by atoms with Crippen molar-refractivity contribution in [1.29, 1.82) is 0 Å². The number of hydrogen-bond acceptors (Lipinski definition) is 4. The van der Waals surface area contributed by atoms with Crippen LogP contribution in [0, 0.1) is 11.8 Å². The lowest BCUT2D eigenvalue weighted by Gasteiger charge is -2.21. The summed E-state index contributed by atoms with van der Waals surface area (Å²) in [7, 11) is 0. The highest BCUT2D eigenvalue weighted by atomic mass is 16.5. The molecule has 6 nitrogen and oxygen atoms in total. The van der Waals surface area contributed by atoms with Gasteiger partial charge in [0.2, 0.25) is 17.7 Å². The molecule has 23 heavy (non-hydrogen) atoms. The zero-order valence-corrected chi connectivity index (χ0v) is 12.8. The van der Waals surface area contributed by atoms with Gasteiger partial charge in [0.25, 0.3) is 0 Å². The Kier molecular flexibility index (Phi) is 4.71. The number of rotatable bonds is 4. The molecule has 3 amide bonds. The molecule has 0 saturated carbocycles. The summed E-state index contributed by atoms with van der Waals surface area (Å²) in [6.07, 6.45) is 2.30. The van der Waals surface area contributed by atoms with Gasteiger partial charge >= 0.3 is 0 Å². The second-order valence-electron chi connectivity index (χ2n) is 6.09. The van der Waals surface area contributed by atoms with Gasteiger partial charge < -0.3 is 10.1 Å². The predicted molar refractivity (Wildman–Crippen MR) is 83.6 cm³/mol. The van der Waals surface area contributed by atoms with Crippen LogP contribution in [0.3, 0.4) is 0 Å². The number of carbonyl (C=O) groups is 3. The number of carbonyl (C=O) groups excluding carboxylic acids is 3. The smallest absolute Gasteiger partial charge is 0.230 e. The molecule has 0 bridgehead atoms. The first-order valence-electron chi connectivity index (χ1n) is 7.93. The van der Waals surface area contributed by atoms with E-state index >= 15 is 0 Å². The van der Waals surface area contributed by atoms with Crippen LogP contribution in [0.25, 0.3) is 0 Å². The predicted octanol–water partition coefficient (Wildman–Crippen LogP) is 1.26. The number of amides is 3. The van der Waals surface area contributed by atoms with E-state index in [1.165, 1.54) is 0 Å². The van der Waals surface area contributed by atoms with Gasteiger partial charge in [-0.25, -0.2) is 0 Å². The van der Waals surface area contributed by atoms with Gasteiger partial charge in [-0.2, -0.15) is 0 Å². The highest BCUT2D eigenvalue weighted by Crippen LogP contribution is 2.20. The standard InChI is InChI=1S/C17H20N2O4/c20-15-10-13(17(22)19-15)9-11-1-3-14(4-2-11)18-16(21)12-5-7-23-8-6-12/h1-4,12-13H,5-10H2,(H,18,21)(H,19,20,22). The first-order chi connectivity index (χ1) is 11.1. The summed E-state index contributed by atoms with van der Waals surface area (Å²) in [6, 6.07) is 7.44. The molecule has 1 aromatic rings. The van der Waals surface area contributed by atoms with Crippen LogP contribution in [0.5, 0.6) is 0 Å². The zero-order valence-electron chi connectivity index (χ0n) is 12.8. The Balaban J connectivity index is 1.55. The van der Waals surface area contributed by atoms with E-state index in [1.54, 1.807) is 0 Å². The van der Waals surface area contributed by atoms with Crippen molar-refractivity contribution in [1.82, 2.24) is 5.32 Å². The van der Waals surface area contributed by atoms with Crippen LogP contribution in [0.4, 0.5) is 5.69 Å². The first-order valence-corrected chi connectivity index (χ1v) is 7.93. The van der Waals surface area contributed by atoms with E-state index < -0.39 is 0 Å². The Morgan fingerprint density at radius 3 is 2.48 bits per heavy atom. The van der Waals surface area contributed by atoms with E-state index in [1.807, 2.05) is 24.3 Å². The molecule has 2 aliphatic rings. The first kappa shape index (κ1) is 15.7. The number of nitrogens with one attached hydrogen (secondary N) is 2. The van der Waals surface area contributed by atoms with Crippen molar-refractivity contribution in [2.75, 3.05) is 18.5 Å². The van der Waals surface area contributed by atoms with Crippen LogP contribution in [0.2, 0.25) is 0 Å². The fourth-order valence-corrected chi connectivity index (χ4v) is 2.98. The van der Waals surface area contributed by atoms with Crippen LogP contribution >= 0.6 is 0 Å². The maximum Gasteiger partial charge on any atom is 0.230 e. The largest absolute Gasteiger partial charge is 0.381 e. The molecule has 6 heteroatoms. The molecule has 3 rings (SSSR count). The highest BCUT2D eigenvalue weighted by Gasteiger charge is 2.30. The monoisotopic (exact) mass is 316 g/mol. The molecule has 2 N–H and O–H groups in total. The molecular weight excluding hydrogens is 296 g/mol. The van der Waals surface area contributed by atoms with Crippen molar-refractivity contribution >= 4 is 23.4 Å². The minimum Gasteiger partial charge on any atom is -0.381 e. The molecule has 0 spiro atoms. The Labute approximate surface area is 134 Å². The molecule has 0 radical (unpaired) electrons. The number of benzene rings is 1. The maximum absolute atomic E-state index is 12.2. The topological polar surface area (TPSA) is 84.5 Å². The van der Waals surface area contributed by atoms with Crippen molar-refractivity contribution < 1.29 is 19.1 Å². The van der Waals surface area contributed by atoms with Crippen LogP contribution in [-0.2, 0) is 25.5 Å². The molecule has 0 aliphatic carbocycles. The molecule has 122 valence electrons. The second-order valence-corrected chi connectivity index (χ2v) is 6.09. The van der Waals surface area contributed by atoms with E-state index in [4.69, 9.17) is 4.74 Å². The minimum absolute atomic E-state index is 0.0108. The Morgan fingerprint density at radius 1 is 1.17 bits per heavy atom. The maximum atomic E-state index is 12.2. The van der Waals surface area contributed by atoms with Gasteiger partial charge in [0.05, 0.1) is 5.92 Å². The summed E-state index contributed by atoms with van der Waals surface area (Å²) in [5, 5.41) is 5.24. The lowest BCUT2D eigenvalue weighted by atomic mass is 9.97. The van der Waals surface area contributed by atoms with Crippen LogP contribution < -0.4 is 10.6 Å². The third-order valence-corrected chi connectivity index (χ3v) is 4.36. The number of imide groups is 1. The van der Waals surface area contributed by atoms with Crippen LogP contribution in [0.1, 0.15) is 24.8 Å². The Hall–Kier alpha value is -2.21. The van der Waals surface area contributed by atoms with E-state index in [2.05, 4.69) is 10.6 Å². The fraction of sp³-hybridized carbons (Fsp3) is 0.471. The molecule has 1 unspecified atom stereocenters. The van der Waals surface area contributed by atoms with Gasteiger partial charge in [-0.15, -0.1) is 0 Å². The lowest BCUT2D eigenvalue weighted by molar-refractivity contribution is -0.126. The van der Waals surface area contributed by atoms with Crippen molar-refractivity contribution in [2.45, 2.75) is 25.7 Å². The number of anilines is 1. The average molecular weight is 316 g/mol. The molecule has 0 aromatic heterocycles. The van der Waals surface area contributed by atoms with Gasteiger partial charge in [-0.3, -0.25) is 19.7 Å². The molecule has 2 heterocycles. The Bertz CT molecular complexity index is 606. The molecule has 2 fully saturated rings. The van der Waals surface area contributed by atoms with E-state index in [-0.39, 0.29) is 36.0 Å². The summed E-state index contributed by atoms with van der Waals surface area (Å²) >= 11 is 0. The molecule has 1 atom stereocenters. The minimum atomic E-state index is -0.287. The SMILES string of the molecule is O=C1CC(Cc2ccc(NC(=O)C3CCOCC3)cc2)C(=O)N1. The normalized spacial score (nSPS) is 22.0. The number of ether oxygens (including phenoxy) is 1. The van der Waals surface area contributed by atoms with Gasteiger partial charge in [0, 0.05) is 31.2 Å². The summed E-state index contributed by atoms with van der Waals surface area (Å²) in [5.41, 5.74) is 1.72.